The number of anilines is 1. The summed E-state index contributed by atoms with van der Waals surface area (Å²) in [5.41, 5.74) is 0.524. The highest BCUT2D eigenvalue weighted by Gasteiger charge is 2.34. The van der Waals surface area contributed by atoms with E-state index in [1.807, 2.05) is 6.92 Å². The van der Waals surface area contributed by atoms with Crippen LogP contribution in [0.15, 0.2) is 24.3 Å². The summed E-state index contributed by atoms with van der Waals surface area (Å²) < 4.78 is 0. The monoisotopic (exact) mass is 233 g/mol. The van der Waals surface area contributed by atoms with Crippen molar-refractivity contribution < 1.29 is 9.90 Å². The molecule has 1 saturated carbocycles. The van der Waals surface area contributed by atoms with Gasteiger partial charge < -0.3 is 10.4 Å². The van der Waals surface area contributed by atoms with Gasteiger partial charge >= 0.3 is 0 Å². The minimum atomic E-state index is -0.226. The number of benzene rings is 1. The third-order valence-corrected chi connectivity index (χ3v) is 3.63. The Labute approximate surface area is 102 Å². The summed E-state index contributed by atoms with van der Waals surface area (Å²) in [6, 6.07) is 6.61. The van der Waals surface area contributed by atoms with Crippen LogP contribution in [0.4, 0.5) is 5.69 Å². The van der Waals surface area contributed by atoms with Crippen LogP contribution in [0.2, 0.25) is 0 Å². The summed E-state index contributed by atoms with van der Waals surface area (Å²) in [6.07, 6.45) is 5.45. The molecule has 1 fully saturated rings. The lowest BCUT2D eigenvalue weighted by Crippen LogP contribution is -2.35. The fourth-order valence-corrected chi connectivity index (χ4v) is 2.39. The van der Waals surface area contributed by atoms with E-state index in [1.54, 1.807) is 24.3 Å². The zero-order chi connectivity index (χ0) is 12.3. The van der Waals surface area contributed by atoms with E-state index in [-0.39, 0.29) is 17.1 Å². The predicted molar refractivity (Wildman–Crippen MR) is 67.9 cm³/mol. The highest BCUT2D eigenvalue weighted by molar-refractivity contribution is 5.95. The second-order valence-corrected chi connectivity index (χ2v) is 5.12. The van der Waals surface area contributed by atoms with Crippen molar-refractivity contribution in [2.75, 3.05) is 5.32 Å². The Kier molecular flexibility index (Phi) is 3.36. The molecule has 0 atom stereocenters. The fourth-order valence-electron chi connectivity index (χ4n) is 2.39. The molecule has 0 aromatic heterocycles. The highest BCUT2D eigenvalue weighted by Crippen LogP contribution is 2.36. The number of nitrogens with one attached hydrogen (secondary N) is 1. The maximum atomic E-state index is 12.2. The summed E-state index contributed by atoms with van der Waals surface area (Å²) in [7, 11) is 0. The van der Waals surface area contributed by atoms with Crippen LogP contribution in [0.5, 0.6) is 5.75 Å². The maximum absolute atomic E-state index is 12.2. The van der Waals surface area contributed by atoms with Gasteiger partial charge in [0.1, 0.15) is 5.75 Å². The molecule has 1 aromatic rings. The van der Waals surface area contributed by atoms with Crippen LogP contribution in [-0.4, -0.2) is 11.0 Å². The number of hydrogen-bond donors (Lipinski definition) is 2. The summed E-state index contributed by atoms with van der Waals surface area (Å²) in [6.45, 7) is 2.04. The predicted octanol–water partition coefficient (Wildman–Crippen LogP) is 3.30. The van der Waals surface area contributed by atoms with Gasteiger partial charge in [-0.25, -0.2) is 0 Å². The average Bonchev–Trinajstić information content (AvgIpc) is 2.33. The molecule has 2 rings (SSSR count). The molecule has 1 amide bonds. The van der Waals surface area contributed by atoms with E-state index in [1.165, 1.54) is 6.42 Å². The third-order valence-electron chi connectivity index (χ3n) is 3.63. The largest absolute Gasteiger partial charge is 0.508 e. The summed E-state index contributed by atoms with van der Waals surface area (Å²) >= 11 is 0. The molecule has 1 aliphatic rings. The van der Waals surface area contributed by atoms with Gasteiger partial charge in [-0.2, -0.15) is 0 Å². The molecule has 1 aromatic carbocycles. The van der Waals surface area contributed by atoms with E-state index in [9.17, 15) is 9.90 Å². The molecule has 0 unspecified atom stereocenters. The van der Waals surface area contributed by atoms with Crippen molar-refractivity contribution in [1.29, 1.82) is 0 Å². The van der Waals surface area contributed by atoms with Crippen molar-refractivity contribution in [2.24, 2.45) is 5.41 Å². The molecular weight excluding hydrogens is 214 g/mol. The lowest BCUT2D eigenvalue weighted by atomic mass is 9.75. The SMILES string of the molecule is CC1(C(=O)Nc2ccc(O)cc2)CCCCC1. The molecule has 1 aliphatic carbocycles. The Morgan fingerprint density at radius 2 is 1.76 bits per heavy atom. The summed E-state index contributed by atoms with van der Waals surface area (Å²) in [5, 5.41) is 12.1. The number of amides is 1. The first kappa shape index (κ1) is 12.0. The van der Waals surface area contributed by atoms with E-state index in [0.29, 0.717) is 0 Å². The molecule has 3 heteroatoms. The van der Waals surface area contributed by atoms with Gasteiger partial charge in [0.05, 0.1) is 0 Å². The molecule has 0 aliphatic heterocycles. The second-order valence-electron chi connectivity index (χ2n) is 5.12. The van der Waals surface area contributed by atoms with Gasteiger partial charge in [-0.1, -0.05) is 26.2 Å². The van der Waals surface area contributed by atoms with Crippen LogP contribution in [0.3, 0.4) is 0 Å². The Morgan fingerprint density at radius 1 is 1.18 bits per heavy atom. The second kappa shape index (κ2) is 4.78. The first-order valence-electron chi connectivity index (χ1n) is 6.21. The van der Waals surface area contributed by atoms with Gasteiger partial charge in [0.25, 0.3) is 0 Å². The number of phenols is 1. The van der Waals surface area contributed by atoms with Crippen LogP contribution in [-0.2, 0) is 4.79 Å². The highest BCUT2D eigenvalue weighted by atomic mass is 16.3. The van der Waals surface area contributed by atoms with Gasteiger partial charge in [0.15, 0.2) is 0 Å². The molecule has 3 nitrogen and oxygen atoms in total. The molecule has 92 valence electrons. The Morgan fingerprint density at radius 3 is 2.35 bits per heavy atom. The van der Waals surface area contributed by atoms with Gasteiger partial charge in [0, 0.05) is 11.1 Å². The van der Waals surface area contributed by atoms with Gasteiger partial charge in [-0.05, 0) is 37.1 Å². The smallest absolute Gasteiger partial charge is 0.230 e. The molecule has 0 saturated heterocycles. The van der Waals surface area contributed by atoms with Crippen molar-refractivity contribution in [3.8, 4) is 5.75 Å². The van der Waals surface area contributed by atoms with Crippen molar-refractivity contribution >= 4 is 11.6 Å². The number of carbonyl (C=O) groups excluding carboxylic acids is 1. The third kappa shape index (κ3) is 2.78. The van der Waals surface area contributed by atoms with Crippen LogP contribution in [0.25, 0.3) is 0 Å². The number of rotatable bonds is 2. The lowest BCUT2D eigenvalue weighted by Gasteiger charge is -2.32. The molecule has 17 heavy (non-hydrogen) atoms. The molecular formula is C14H19NO2. The quantitative estimate of drug-likeness (QED) is 0.770. The van der Waals surface area contributed by atoms with E-state index in [2.05, 4.69) is 5.32 Å². The molecule has 0 bridgehead atoms. The Balaban J connectivity index is 2.03. The number of hydrogen-bond acceptors (Lipinski definition) is 2. The normalized spacial score (nSPS) is 18.6. The van der Waals surface area contributed by atoms with Crippen LogP contribution < -0.4 is 5.32 Å². The van der Waals surface area contributed by atoms with Crippen LogP contribution >= 0.6 is 0 Å². The zero-order valence-electron chi connectivity index (χ0n) is 10.2. The number of aromatic hydroxyl groups is 1. The van der Waals surface area contributed by atoms with E-state index < -0.39 is 0 Å². The van der Waals surface area contributed by atoms with Gasteiger partial charge in [-0.3, -0.25) is 4.79 Å². The van der Waals surface area contributed by atoms with Gasteiger partial charge in [0.2, 0.25) is 5.91 Å². The van der Waals surface area contributed by atoms with Crippen LogP contribution in [0, 0.1) is 5.41 Å². The van der Waals surface area contributed by atoms with E-state index >= 15 is 0 Å². The van der Waals surface area contributed by atoms with E-state index in [4.69, 9.17) is 0 Å². The van der Waals surface area contributed by atoms with Crippen molar-refractivity contribution in [1.82, 2.24) is 0 Å². The molecule has 0 spiro atoms. The van der Waals surface area contributed by atoms with Crippen LogP contribution in [0.1, 0.15) is 39.0 Å². The first-order valence-corrected chi connectivity index (χ1v) is 6.21. The minimum Gasteiger partial charge on any atom is -0.508 e. The van der Waals surface area contributed by atoms with Crippen molar-refractivity contribution in [3.63, 3.8) is 0 Å². The Hall–Kier alpha value is -1.51. The standard InChI is InChI=1S/C14H19NO2/c1-14(9-3-2-4-10-14)13(17)15-11-5-7-12(16)8-6-11/h5-8,16H,2-4,9-10H2,1H3,(H,15,17). The average molecular weight is 233 g/mol. The van der Waals surface area contributed by atoms with Crippen molar-refractivity contribution in [2.45, 2.75) is 39.0 Å². The Bertz CT molecular complexity index is 391. The number of carbonyl (C=O) groups is 1. The van der Waals surface area contributed by atoms with E-state index in [0.717, 1.165) is 31.4 Å². The topological polar surface area (TPSA) is 49.3 Å². The fraction of sp³-hybridized carbons (Fsp3) is 0.500. The number of phenolic OH excluding ortho intramolecular Hbond substituents is 1. The lowest BCUT2D eigenvalue weighted by molar-refractivity contribution is -0.126. The maximum Gasteiger partial charge on any atom is 0.230 e. The van der Waals surface area contributed by atoms with Crippen molar-refractivity contribution in [3.05, 3.63) is 24.3 Å². The zero-order valence-corrected chi connectivity index (χ0v) is 10.2. The van der Waals surface area contributed by atoms with Gasteiger partial charge in [-0.15, -0.1) is 0 Å². The molecule has 0 heterocycles. The minimum absolute atomic E-state index is 0.0999. The molecule has 2 N–H and O–H groups in total. The summed E-state index contributed by atoms with van der Waals surface area (Å²) in [4.78, 5) is 12.2. The molecule has 0 radical (unpaired) electrons. The summed E-state index contributed by atoms with van der Waals surface area (Å²) in [5.74, 6) is 0.315. The first-order chi connectivity index (χ1) is 8.10.